The summed E-state index contributed by atoms with van der Waals surface area (Å²) in [5.74, 6) is 0. The average Bonchev–Trinajstić information content (AvgIpc) is 2.21. The zero-order valence-corrected chi connectivity index (χ0v) is 12.0. The fraction of sp³-hybridized carbons (Fsp3) is 0.455. The Balaban J connectivity index is 3.03. The van der Waals surface area contributed by atoms with Crippen molar-refractivity contribution in [1.29, 1.82) is 0 Å². The second-order valence-electron chi connectivity index (χ2n) is 3.84. The molecule has 1 rings (SSSR count). The van der Waals surface area contributed by atoms with Crippen LogP contribution in [0, 0.1) is 6.92 Å². The molecule has 0 amide bonds. The molecule has 0 aliphatic carbocycles. The molecule has 0 fully saturated rings. The molecule has 3 nitrogen and oxygen atoms in total. The van der Waals surface area contributed by atoms with E-state index in [-0.39, 0.29) is 6.04 Å². The van der Waals surface area contributed by atoms with Gasteiger partial charge < -0.3 is 0 Å². The summed E-state index contributed by atoms with van der Waals surface area (Å²) >= 11 is 3.35. The van der Waals surface area contributed by atoms with Gasteiger partial charge in [-0.05, 0) is 44.0 Å². The third-order valence-corrected chi connectivity index (χ3v) is 4.89. The molecule has 0 saturated carbocycles. The van der Waals surface area contributed by atoms with Crippen LogP contribution in [0.5, 0.6) is 0 Å². The summed E-state index contributed by atoms with van der Waals surface area (Å²) in [6, 6.07) is 4.96. The Morgan fingerprint density at radius 1 is 1.44 bits per heavy atom. The molecule has 0 heterocycles. The molecule has 1 aromatic rings. The molecular weight excluding hydrogens is 290 g/mol. The summed E-state index contributed by atoms with van der Waals surface area (Å²) in [5, 5.41) is 0. The molecule has 0 aromatic heterocycles. The van der Waals surface area contributed by atoms with Crippen LogP contribution in [0.1, 0.15) is 25.8 Å². The lowest BCUT2D eigenvalue weighted by atomic mass is 10.2. The van der Waals surface area contributed by atoms with Crippen molar-refractivity contribution in [2.45, 2.75) is 38.1 Å². The van der Waals surface area contributed by atoms with Crippen LogP contribution in [-0.4, -0.2) is 14.5 Å². The second kappa shape index (κ2) is 5.29. The van der Waals surface area contributed by atoms with E-state index in [1.54, 1.807) is 18.2 Å². The van der Waals surface area contributed by atoms with Gasteiger partial charge in [0.1, 0.15) is 0 Å². The third kappa shape index (κ3) is 3.30. The van der Waals surface area contributed by atoms with Gasteiger partial charge in [0.25, 0.3) is 0 Å². The zero-order valence-electron chi connectivity index (χ0n) is 9.62. The van der Waals surface area contributed by atoms with Crippen molar-refractivity contribution in [3.8, 4) is 0 Å². The van der Waals surface area contributed by atoms with Gasteiger partial charge in [-0.25, -0.2) is 13.1 Å². The van der Waals surface area contributed by atoms with Crippen LogP contribution in [0.3, 0.4) is 0 Å². The molecule has 0 radical (unpaired) electrons. The SMILES string of the molecule is CC[C@@H](C)NS(=O)(=O)c1ccc(Br)c(C)c1. The first-order chi connectivity index (χ1) is 7.36. The maximum atomic E-state index is 11.9. The van der Waals surface area contributed by atoms with Gasteiger partial charge in [0, 0.05) is 10.5 Å². The summed E-state index contributed by atoms with van der Waals surface area (Å²) in [6.45, 7) is 5.66. The molecule has 90 valence electrons. The fourth-order valence-corrected chi connectivity index (χ4v) is 2.86. The number of rotatable bonds is 4. The topological polar surface area (TPSA) is 46.2 Å². The summed E-state index contributed by atoms with van der Waals surface area (Å²) in [4.78, 5) is 0.313. The molecule has 5 heteroatoms. The van der Waals surface area contributed by atoms with Gasteiger partial charge in [-0.15, -0.1) is 0 Å². The highest BCUT2D eigenvalue weighted by molar-refractivity contribution is 9.10. The molecule has 0 aliphatic rings. The molecule has 0 unspecified atom stereocenters. The van der Waals surface area contributed by atoms with Gasteiger partial charge in [-0.2, -0.15) is 0 Å². The highest BCUT2D eigenvalue weighted by Gasteiger charge is 2.16. The van der Waals surface area contributed by atoms with Gasteiger partial charge in [-0.3, -0.25) is 0 Å². The number of sulfonamides is 1. The van der Waals surface area contributed by atoms with Crippen LogP contribution in [0.2, 0.25) is 0 Å². The highest BCUT2D eigenvalue weighted by Crippen LogP contribution is 2.20. The molecule has 0 spiro atoms. The first-order valence-corrected chi connectivity index (χ1v) is 7.43. The van der Waals surface area contributed by atoms with E-state index in [9.17, 15) is 8.42 Å². The molecule has 0 bridgehead atoms. The van der Waals surface area contributed by atoms with Crippen LogP contribution >= 0.6 is 15.9 Å². The lowest BCUT2D eigenvalue weighted by Crippen LogP contribution is -2.32. The number of hydrogen-bond acceptors (Lipinski definition) is 2. The minimum Gasteiger partial charge on any atom is -0.208 e. The summed E-state index contributed by atoms with van der Waals surface area (Å²) in [6.07, 6.45) is 0.773. The molecule has 0 aliphatic heterocycles. The van der Waals surface area contributed by atoms with E-state index in [1.807, 2.05) is 20.8 Å². The van der Waals surface area contributed by atoms with Gasteiger partial charge in [0.05, 0.1) is 4.90 Å². The van der Waals surface area contributed by atoms with Gasteiger partial charge in [0.15, 0.2) is 0 Å². The summed E-state index contributed by atoms with van der Waals surface area (Å²) in [5.41, 5.74) is 0.909. The number of nitrogens with one attached hydrogen (secondary N) is 1. The van der Waals surface area contributed by atoms with Gasteiger partial charge in [-0.1, -0.05) is 22.9 Å². The Bertz CT molecular complexity index is 471. The van der Waals surface area contributed by atoms with Gasteiger partial charge >= 0.3 is 0 Å². The van der Waals surface area contributed by atoms with Crippen LogP contribution in [0.4, 0.5) is 0 Å². The molecule has 1 atom stereocenters. The maximum absolute atomic E-state index is 11.9. The maximum Gasteiger partial charge on any atom is 0.240 e. The lowest BCUT2D eigenvalue weighted by Gasteiger charge is -2.12. The minimum atomic E-state index is -3.38. The number of halogens is 1. The van der Waals surface area contributed by atoms with E-state index >= 15 is 0 Å². The van der Waals surface area contributed by atoms with E-state index in [0.29, 0.717) is 4.90 Å². The Morgan fingerprint density at radius 3 is 2.56 bits per heavy atom. The summed E-state index contributed by atoms with van der Waals surface area (Å²) in [7, 11) is -3.38. The molecule has 1 N–H and O–H groups in total. The Kier molecular flexibility index (Phi) is 4.52. The largest absolute Gasteiger partial charge is 0.240 e. The highest BCUT2D eigenvalue weighted by atomic mass is 79.9. The van der Waals surface area contributed by atoms with Crippen molar-refractivity contribution in [3.63, 3.8) is 0 Å². The Hall–Kier alpha value is -0.390. The monoisotopic (exact) mass is 305 g/mol. The number of hydrogen-bond donors (Lipinski definition) is 1. The third-order valence-electron chi connectivity index (χ3n) is 2.41. The first-order valence-electron chi connectivity index (χ1n) is 5.15. The minimum absolute atomic E-state index is 0.0473. The predicted molar refractivity (Wildman–Crippen MR) is 69.0 cm³/mol. The Labute approximate surface area is 105 Å². The van der Waals surface area contributed by atoms with E-state index in [1.165, 1.54) is 0 Å². The van der Waals surface area contributed by atoms with Crippen molar-refractivity contribution < 1.29 is 8.42 Å². The van der Waals surface area contributed by atoms with E-state index < -0.39 is 10.0 Å². The molecular formula is C11H16BrNO2S. The smallest absolute Gasteiger partial charge is 0.208 e. The number of aryl methyl sites for hydroxylation is 1. The van der Waals surface area contributed by atoms with Crippen LogP contribution in [0.25, 0.3) is 0 Å². The Morgan fingerprint density at radius 2 is 2.06 bits per heavy atom. The predicted octanol–water partition coefficient (Wildman–Crippen LogP) is 2.83. The quantitative estimate of drug-likeness (QED) is 0.930. The van der Waals surface area contributed by atoms with Crippen molar-refractivity contribution in [1.82, 2.24) is 4.72 Å². The standard InChI is InChI=1S/C11H16BrNO2S/c1-4-9(3)13-16(14,15)10-5-6-11(12)8(2)7-10/h5-7,9,13H,4H2,1-3H3/t9-/m1/s1. The van der Waals surface area contributed by atoms with Crippen molar-refractivity contribution in [2.24, 2.45) is 0 Å². The number of benzene rings is 1. The molecule has 16 heavy (non-hydrogen) atoms. The molecule has 1 aromatic carbocycles. The zero-order chi connectivity index (χ0) is 12.3. The molecule has 0 saturated heterocycles. The fourth-order valence-electron chi connectivity index (χ4n) is 1.20. The van der Waals surface area contributed by atoms with E-state index in [2.05, 4.69) is 20.7 Å². The summed E-state index contributed by atoms with van der Waals surface area (Å²) < 4.78 is 27.4. The van der Waals surface area contributed by atoms with Crippen molar-refractivity contribution in [2.75, 3.05) is 0 Å². The van der Waals surface area contributed by atoms with E-state index in [4.69, 9.17) is 0 Å². The van der Waals surface area contributed by atoms with Gasteiger partial charge in [0.2, 0.25) is 10.0 Å². The first kappa shape index (κ1) is 13.7. The second-order valence-corrected chi connectivity index (χ2v) is 6.41. The van der Waals surface area contributed by atoms with Crippen LogP contribution in [-0.2, 0) is 10.0 Å². The van der Waals surface area contributed by atoms with Crippen LogP contribution < -0.4 is 4.72 Å². The van der Waals surface area contributed by atoms with Crippen molar-refractivity contribution >= 4 is 26.0 Å². The normalized spacial score (nSPS) is 13.8. The van der Waals surface area contributed by atoms with E-state index in [0.717, 1.165) is 16.5 Å². The average molecular weight is 306 g/mol. The lowest BCUT2D eigenvalue weighted by molar-refractivity contribution is 0.556. The van der Waals surface area contributed by atoms with Crippen molar-refractivity contribution in [3.05, 3.63) is 28.2 Å². The van der Waals surface area contributed by atoms with Crippen LogP contribution in [0.15, 0.2) is 27.6 Å².